The minimum Gasteiger partial charge on any atom is -0.311 e. The second-order valence-corrected chi connectivity index (χ2v) is 2.79. The molecule has 3 amide bonds. The zero-order chi connectivity index (χ0) is 9.30. The zero-order valence-electron chi connectivity index (χ0n) is 7.28. The number of carbonyl (C=O) groups is 2. The number of amides is 3. The molecule has 0 aromatic heterocycles. The molecule has 68 valence electrons. The van der Waals surface area contributed by atoms with Crippen molar-refractivity contribution in [3.8, 4) is 0 Å². The fraction of sp³-hybridized carbons (Fsp3) is 0.714. The molecule has 1 aliphatic heterocycles. The van der Waals surface area contributed by atoms with Gasteiger partial charge in [0.05, 0.1) is 12.6 Å². The average Bonchev–Trinajstić information content (AvgIpc) is 2.01. The van der Waals surface area contributed by atoms with Gasteiger partial charge < -0.3 is 10.6 Å². The van der Waals surface area contributed by atoms with E-state index in [4.69, 9.17) is 5.73 Å². The molecule has 5 nitrogen and oxygen atoms in total. The number of carbonyl (C=O) groups excluding carboxylic acids is 2. The highest BCUT2D eigenvalue weighted by Crippen LogP contribution is 2.11. The van der Waals surface area contributed by atoms with Crippen molar-refractivity contribution in [2.75, 3.05) is 13.6 Å². The average molecular weight is 171 g/mol. The lowest BCUT2D eigenvalue weighted by atomic mass is 10.2. The number of imide groups is 1. The van der Waals surface area contributed by atoms with Crippen molar-refractivity contribution in [2.24, 2.45) is 5.73 Å². The highest BCUT2D eigenvalue weighted by atomic mass is 16.2. The summed E-state index contributed by atoms with van der Waals surface area (Å²) in [6, 6.07) is -0.304. The van der Waals surface area contributed by atoms with Gasteiger partial charge in [-0.15, -0.1) is 0 Å². The van der Waals surface area contributed by atoms with E-state index in [1.54, 1.807) is 0 Å². The third kappa shape index (κ3) is 1.27. The Kier molecular flexibility index (Phi) is 2.32. The van der Waals surface area contributed by atoms with Crippen LogP contribution >= 0.6 is 0 Å². The molecule has 1 aliphatic rings. The topological polar surface area (TPSA) is 66.6 Å². The number of hydrogen-bond donors (Lipinski definition) is 1. The van der Waals surface area contributed by atoms with Crippen LogP contribution < -0.4 is 5.73 Å². The van der Waals surface area contributed by atoms with Crippen LogP contribution in [0.1, 0.15) is 13.3 Å². The molecule has 0 spiro atoms. The smallest absolute Gasteiger partial charge is 0.311 e. The van der Waals surface area contributed by atoms with E-state index < -0.39 is 6.17 Å². The van der Waals surface area contributed by atoms with Gasteiger partial charge in [0.15, 0.2) is 0 Å². The molecule has 0 radical (unpaired) electrons. The van der Waals surface area contributed by atoms with Crippen LogP contribution in [0.3, 0.4) is 0 Å². The SMILES string of the molecule is CCN1C(=O)N(C)C(=O)CC1N. The van der Waals surface area contributed by atoms with Crippen molar-refractivity contribution in [3.63, 3.8) is 0 Å². The minimum atomic E-state index is -0.453. The largest absolute Gasteiger partial charge is 0.327 e. The molecule has 1 atom stereocenters. The van der Waals surface area contributed by atoms with Crippen molar-refractivity contribution in [3.05, 3.63) is 0 Å². The minimum absolute atomic E-state index is 0.211. The van der Waals surface area contributed by atoms with Crippen LogP contribution in [0, 0.1) is 0 Å². The fourth-order valence-electron chi connectivity index (χ4n) is 1.24. The second kappa shape index (κ2) is 3.10. The van der Waals surface area contributed by atoms with Gasteiger partial charge in [0.2, 0.25) is 5.91 Å². The van der Waals surface area contributed by atoms with Crippen molar-refractivity contribution in [2.45, 2.75) is 19.5 Å². The van der Waals surface area contributed by atoms with Gasteiger partial charge in [-0.2, -0.15) is 0 Å². The van der Waals surface area contributed by atoms with Crippen LogP contribution in [0.25, 0.3) is 0 Å². The molecule has 0 aliphatic carbocycles. The van der Waals surface area contributed by atoms with Crippen molar-refractivity contribution in [1.82, 2.24) is 9.80 Å². The lowest BCUT2D eigenvalue weighted by Gasteiger charge is -2.35. The van der Waals surface area contributed by atoms with Gasteiger partial charge in [-0.25, -0.2) is 4.79 Å². The Morgan fingerprint density at radius 2 is 2.17 bits per heavy atom. The number of hydrogen-bond acceptors (Lipinski definition) is 3. The van der Waals surface area contributed by atoms with Gasteiger partial charge in [0.1, 0.15) is 0 Å². The fourth-order valence-corrected chi connectivity index (χ4v) is 1.24. The molecule has 5 heteroatoms. The number of nitrogens with two attached hydrogens (primary N) is 1. The predicted molar refractivity (Wildman–Crippen MR) is 43.1 cm³/mol. The lowest BCUT2D eigenvalue weighted by molar-refractivity contribution is -0.131. The predicted octanol–water partition coefficient (Wildman–Crippen LogP) is -0.425. The first kappa shape index (κ1) is 8.99. The maximum atomic E-state index is 11.3. The molecular weight excluding hydrogens is 158 g/mol. The number of urea groups is 1. The van der Waals surface area contributed by atoms with E-state index in [0.717, 1.165) is 4.90 Å². The summed E-state index contributed by atoms with van der Waals surface area (Å²) < 4.78 is 0. The van der Waals surface area contributed by atoms with Crippen molar-refractivity contribution < 1.29 is 9.59 Å². The van der Waals surface area contributed by atoms with E-state index in [1.165, 1.54) is 11.9 Å². The standard InChI is InChI=1S/C7H13N3O2/c1-3-10-5(8)4-6(11)9(2)7(10)12/h5H,3-4,8H2,1-2H3. The summed E-state index contributed by atoms with van der Waals surface area (Å²) in [5, 5.41) is 0. The molecule has 1 unspecified atom stereocenters. The van der Waals surface area contributed by atoms with E-state index in [2.05, 4.69) is 0 Å². The van der Waals surface area contributed by atoms with Gasteiger partial charge in [-0.05, 0) is 6.92 Å². The van der Waals surface area contributed by atoms with Gasteiger partial charge in [0, 0.05) is 13.6 Å². The molecule has 1 saturated heterocycles. The second-order valence-electron chi connectivity index (χ2n) is 2.79. The lowest BCUT2D eigenvalue weighted by Crippen LogP contribution is -2.58. The summed E-state index contributed by atoms with van der Waals surface area (Å²) >= 11 is 0. The Balaban J connectivity index is 2.79. The van der Waals surface area contributed by atoms with Crippen LogP contribution in [0.15, 0.2) is 0 Å². The van der Waals surface area contributed by atoms with Gasteiger partial charge >= 0.3 is 6.03 Å². The maximum Gasteiger partial charge on any atom is 0.327 e. The van der Waals surface area contributed by atoms with Crippen LogP contribution in [0.2, 0.25) is 0 Å². The molecule has 0 aromatic carbocycles. The Morgan fingerprint density at radius 1 is 1.58 bits per heavy atom. The molecule has 1 fully saturated rings. The monoisotopic (exact) mass is 171 g/mol. The summed E-state index contributed by atoms with van der Waals surface area (Å²) in [6.45, 7) is 2.37. The third-order valence-electron chi connectivity index (χ3n) is 2.03. The zero-order valence-corrected chi connectivity index (χ0v) is 7.28. The third-order valence-corrected chi connectivity index (χ3v) is 2.03. The van der Waals surface area contributed by atoms with Crippen LogP contribution in [-0.4, -0.2) is 41.5 Å². The van der Waals surface area contributed by atoms with E-state index in [1.807, 2.05) is 6.92 Å². The van der Waals surface area contributed by atoms with E-state index in [9.17, 15) is 9.59 Å². The number of rotatable bonds is 1. The Bertz CT molecular complexity index is 217. The molecule has 12 heavy (non-hydrogen) atoms. The van der Waals surface area contributed by atoms with Crippen molar-refractivity contribution >= 4 is 11.9 Å². The quantitative estimate of drug-likeness (QED) is 0.582. The number of nitrogens with zero attached hydrogens (tertiary/aromatic N) is 2. The van der Waals surface area contributed by atoms with E-state index in [0.29, 0.717) is 6.54 Å². The summed E-state index contributed by atoms with van der Waals surface area (Å²) in [6.07, 6.45) is -0.234. The molecule has 1 heterocycles. The normalized spacial score (nSPS) is 25.1. The summed E-state index contributed by atoms with van der Waals surface area (Å²) in [7, 11) is 1.47. The van der Waals surface area contributed by atoms with Crippen LogP contribution in [0.4, 0.5) is 4.79 Å². The highest BCUT2D eigenvalue weighted by Gasteiger charge is 2.33. The molecule has 0 aromatic rings. The summed E-state index contributed by atoms with van der Waals surface area (Å²) in [5.74, 6) is -0.211. The van der Waals surface area contributed by atoms with Crippen molar-refractivity contribution in [1.29, 1.82) is 0 Å². The summed E-state index contributed by atoms with van der Waals surface area (Å²) in [4.78, 5) is 25.0. The molecule has 2 N–H and O–H groups in total. The first-order chi connectivity index (χ1) is 5.57. The van der Waals surface area contributed by atoms with E-state index >= 15 is 0 Å². The maximum absolute atomic E-state index is 11.3. The van der Waals surface area contributed by atoms with Crippen LogP contribution in [0.5, 0.6) is 0 Å². The molecule has 0 bridgehead atoms. The molecule has 1 rings (SSSR count). The van der Waals surface area contributed by atoms with Gasteiger partial charge in [0.25, 0.3) is 0 Å². The Labute approximate surface area is 71.1 Å². The highest BCUT2D eigenvalue weighted by molar-refractivity contribution is 5.96. The first-order valence-corrected chi connectivity index (χ1v) is 3.90. The van der Waals surface area contributed by atoms with E-state index in [-0.39, 0.29) is 18.4 Å². The summed E-state index contributed by atoms with van der Waals surface area (Å²) in [5.41, 5.74) is 5.59. The molecule has 0 saturated carbocycles. The Hall–Kier alpha value is -1.10. The van der Waals surface area contributed by atoms with Gasteiger partial charge in [-0.3, -0.25) is 9.69 Å². The molecular formula is C7H13N3O2. The first-order valence-electron chi connectivity index (χ1n) is 3.90. The van der Waals surface area contributed by atoms with Gasteiger partial charge in [-0.1, -0.05) is 0 Å². The Morgan fingerprint density at radius 3 is 2.67 bits per heavy atom. The van der Waals surface area contributed by atoms with Crippen LogP contribution in [-0.2, 0) is 4.79 Å².